The zero-order valence-electron chi connectivity index (χ0n) is 14.1. The van der Waals surface area contributed by atoms with Crippen LogP contribution in [0.25, 0.3) is 5.69 Å². The van der Waals surface area contributed by atoms with E-state index in [0.717, 1.165) is 5.69 Å². The number of hydrogen-bond acceptors (Lipinski definition) is 6. The van der Waals surface area contributed by atoms with Crippen molar-refractivity contribution in [1.29, 1.82) is 0 Å². The second-order valence-electron chi connectivity index (χ2n) is 5.72. The van der Waals surface area contributed by atoms with Crippen molar-refractivity contribution >= 4 is 17.5 Å². The van der Waals surface area contributed by atoms with E-state index in [1.165, 1.54) is 0 Å². The van der Waals surface area contributed by atoms with Gasteiger partial charge in [-0.3, -0.25) is 14.2 Å². The molecule has 0 saturated carbocycles. The first-order chi connectivity index (χ1) is 13.2. The number of rotatable bonds is 5. The minimum Gasteiger partial charge on any atom is -0.454 e. The van der Waals surface area contributed by atoms with E-state index in [4.69, 9.17) is 9.47 Å². The largest absolute Gasteiger partial charge is 0.454 e. The van der Waals surface area contributed by atoms with E-state index in [2.05, 4.69) is 20.8 Å². The van der Waals surface area contributed by atoms with Crippen LogP contribution in [0, 0.1) is 0 Å². The van der Waals surface area contributed by atoms with E-state index in [-0.39, 0.29) is 25.2 Å². The average molecular weight is 365 g/mol. The molecule has 4 rings (SSSR count). The first-order valence-corrected chi connectivity index (χ1v) is 8.12. The number of fused-ring (bicyclic) bond motifs is 1. The lowest BCUT2D eigenvalue weighted by atomic mass is 10.2. The van der Waals surface area contributed by atoms with Crippen molar-refractivity contribution < 1.29 is 19.1 Å². The summed E-state index contributed by atoms with van der Waals surface area (Å²) in [5.41, 5.74) is 1.80. The van der Waals surface area contributed by atoms with Crippen LogP contribution < -0.4 is 20.1 Å². The number of nitrogens with one attached hydrogen (secondary N) is 2. The Morgan fingerprint density at radius 1 is 1.04 bits per heavy atom. The molecule has 3 aromatic rings. The quantitative estimate of drug-likeness (QED) is 0.707. The van der Waals surface area contributed by atoms with Crippen molar-refractivity contribution in [2.24, 2.45) is 0 Å². The molecule has 9 nitrogen and oxygen atoms in total. The Labute approximate surface area is 153 Å². The lowest BCUT2D eigenvalue weighted by Gasteiger charge is -2.09. The van der Waals surface area contributed by atoms with Crippen molar-refractivity contribution in [2.75, 3.05) is 18.7 Å². The molecule has 0 fully saturated rings. The molecular formula is C18H15N5O4. The summed E-state index contributed by atoms with van der Waals surface area (Å²) in [6.07, 6.45) is 3.12. The van der Waals surface area contributed by atoms with Gasteiger partial charge in [0.15, 0.2) is 11.5 Å². The minimum absolute atomic E-state index is 0.136. The summed E-state index contributed by atoms with van der Waals surface area (Å²) < 4.78 is 12.2. The first kappa shape index (κ1) is 16.6. The molecule has 0 unspecified atom stereocenters. The lowest BCUT2D eigenvalue weighted by Crippen LogP contribution is -2.32. The zero-order valence-corrected chi connectivity index (χ0v) is 14.1. The summed E-state index contributed by atoms with van der Waals surface area (Å²) >= 11 is 0. The highest BCUT2D eigenvalue weighted by Crippen LogP contribution is 2.32. The van der Waals surface area contributed by atoms with Crippen LogP contribution in [0.1, 0.15) is 10.4 Å². The van der Waals surface area contributed by atoms with Gasteiger partial charge in [0.1, 0.15) is 12.7 Å². The summed E-state index contributed by atoms with van der Waals surface area (Å²) in [5, 5.41) is 12.8. The van der Waals surface area contributed by atoms with Crippen molar-refractivity contribution in [1.82, 2.24) is 20.1 Å². The standard InChI is InChI=1S/C18H15N5O4/c24-17(22-13-2-1-3-14(7-13)23-9-20-21-10-23)8-19-18(25)12-4-5-15-16(6-12)27-11-26-15/h1-7,9-10H,8,11H2,(H,19,25)(H,22,24). The fourth-order valence-electron chi connectivity index (χ4n) is 2.58. The van der Waals surface area contributed by atoms with Gasteiger partial charge in [0, 0.05) is 11.3 Å². The van der Waals surface area contributed by atoms with Gasteiger partial charge in [0.25, 0.3) is 5.91 Å². The smallest absolute Gasteiger partial charge is 0.251 e. The Balaban J connectivity index is 1.34. The number of carbonyl (C=O) groups is 2. The van der Waals surface area contributed by atoms with Gasteiger partial charge in [-0.15, -0.1) is 10.2 Å². The summed E-state index contributed by atoms with van der Waals surface area (Å²) in [6, 6.07) is 12.1. The molecule has 2 heterocycles. The van der Waals surface area contributed by atoms with Gasteiger partial charge in [0.2, 0.25) is 12.7 Å². The number of hydrogen-bond donors (Lipinski definition) is 2. The molecule has 27 heavy (non-hydrogen) atoms. The molecular weight excluding hydrogens is 350 g/mol. The van der Waals surface area contributed by atoms with Crippen LogP contribution in [-0.4, -0.2) is 39.9 Å². The molecule has 0 saturated heterocycles. The van der Waals surface area contributed by atoms with Crippen LogP contribution in [0.2, 0.25) is 0 Å². The Morgan fingerprint density at radius 3 is 2.70 bits per heavy atom. The van der Waals surface area contributed by atoms with Gasteiger partial charge < -0.3 is 20.1 Å². The van der Waals surface area contributed by atoms with E-state index in [1.54, 1.807) is 53.6 Å². The van der Waals surface area contributed by atoms with Crippen LogP contribution >= 0.6 is 0 Å². The normalized spacial score (nSPS) is 11.9. The predicted octanol–water partition coefficient (Wildman–Crippen LogP) is 1.36. The van der Waals surface area contributed by atoms with E-state index in [1.807, 2.05) is 6.07 Å². The molecule has 1 aliphatic heterocycles. The number of amides is 2. The van der Waals surface area contributed by atoms with Gasteiger partial charge in [-0.25, -0.2) is 0 Å². The highest BCUT2D eigenvalue weighted by Gasteiger charge is 2.16. The topological polar surface area (TPSA) is 107 Å². The number of carbonyl (C=O) groups excluding carboxylic acids is 2. The SMILES string of the molecule is O=C(CNC(=O)c1ccc2c(c1)OCO2)Nc1cccc(-n2cnnc2)c1. The molecule has 0 radical (unpaired) electrons. The molecule has 0 atom stereocenters. The summed E-state index contributed by atoms with van der Waals surface area (Å²) in [4.78, 5) is 24.3. The molecule has 136 valence electrons. The second kappa shape index (κ2) is 7.16. The highest BCUT2D eigenvalue weighted by atomic mass is 16.7. The van der Waals surface area contributed by atoms with Crippen LogP contribution in [-0.2, 0) is 4.79 Å². The number of anilines is 1. The molecule has 1 aromatic heterocycles. The lowest BCUT2D eigenvalue weighted by molar-refractivity contribution is -0.115. The fourth-order valence-corrected chi connectivity index (χ4v) is 2.58. The first-order valence-electron chi connectivity index (χ1n) is 8.12. The third-order valence-corrected chi connectivity index (χ3v) is 3.89. The third-order valence-electron chi connectivity index (χ3n) is 3.89. The maximum absolute atomic E-state index is 12.2. The van der Waals surface area contributed by atoms with Crippen LogP contribution in [0.4, 0.5) is 5.69 Å². The van der Waals surface area contributed by atoms with Crippen molar-refractivity contribution in [3.8, 4) is 17.2 Å². The molecule has 2 aromatic carbocycles. The Morgan fingerprint density at radius 2 is 1.85 bits per heavy atom. The average Bonchev–Trinajstić information content (AvgIpc) is 3.37. The monoisotopic (exact) mass is 365 g/mol. The van der Waals surface area contributed by atoms with Crippen molar-refractivity contribution in [3.05, 3.63) is 60.7 Å². The Kier molecular flexibility index (Phi) is 4.40. The predicted molar refractivity (Wildman–Crippen MR) is 94.9 cm³/mol. The van der Waals surface area contributed by atoms with E-state index in [9.17, 15) is 9.59 Å². The molecule has 2 amide bonds. The van der Waals surface area contributed by atoms with E-state index >= 15 is 0 Å². The molecule has 2 N–H and O–H groups in total. The number of nitrogens with zero attached hydrogens (tertiary/aromatic N) is 3. The van der Waals surface area contributed by atoms with Gasteiger partial charge in [-0.1, -0.05) is 6.07 Å². The summed E-state index contributed by atoms with van der Waals surface area (Å²) in [7, 11) is 0. The summed E-state index contributed by atoms with van der Waals surface area (Å²) in [5.74, 6) is 0.391. The highest BCUT2D eigenvalue weighted by molar-refractivity contribution is 5.99. The molecule has 0 spiro atoms. The zero-order chi connectivity index (χ0) is 18.6. The van der Waals surface area contributed by atoms with Crippen LogP contribution in [0.15, 0.2) is 55.1 Å². The molecule has 1 aliphatic rings. The van der Waals surface area contributed by atoms with E-state index in [0.29, 0.717) is 22.7 Å². The Bertz CT molecular complexity index is 987. The minimum atomic E-state index is -0.373. The summed E-state index contributed by atoms with van der Waals surface area (Å²) in [6.45, 7) is -0.0266. The fraction of sp³-hybridized carbons (Fsp3) is 0.111. The third kappa shape index (κ3) is 3.71. The van der Waals surface area contributed by atoms with Gasteiger partial charge in [-0.2, -0.15) is 0 Å². The number of benzene rings is 2. The molecule has 9 heteroatoms. The second-order valence-corrected chi connectivity index (χ2v) is 5.72. The van der Waals surface area contributed by atoms with Gasteiger partial charge in [-0.05, 0) is 36.4 Å². The molecule has 0 aliphatic carbocycles. The van der Waals surface area contributed by atoms with Crippen LogP contribution in [0.5, 0.6) is 11.5 Å². The van der Waals surface area contributed by atoms with Gasteiger partial charge >= 0.3 is 0 Å². The Hall–Kier alpha value is -3.88. The number of aromatic nitrogens is 3. The van der Waals surface area contributed by atoms with Gasteiger partial charge in [0.05, 0.1) is 12.2 Å². The maximum atomic E-state index is 12.2. The van der Waals surface area contributed by atoms with Crippen molar-refractivity contribution in [3.63, 3.8) is 0 Å². The number of ether oxygens (including phenoxy) is 2. The maximum Gasteiger partial charge on any atom is 0.251 e. The molecule has 0 bridgehead atoms. The van der Waals surface area contributed by atoms with Crippen LogP contribution in [0.3, 0.4) is 0 Å². The van der Waals surface area contributed by atoms with Crippen molar-refractivity contribution in [2.45, 2.75) is 0 Å². The van der Waals surface area contributed by atoms with E-state index < -0.39 is 0 Å².